The largest absolute Gasteiger partial charge is 0.468 e. The van der Waals surface area contributed by atoms with Crippen molar-refractivity contribution in [1.29, 1.82) is 5.26 Å². The number of nitrogens with zero attached hydrogens (tertiary/aromatic N) is 4. The fourth-order valence-electron chi connectivity index (χ4n) is 3.40. The van der Waals surface area contributed by atoms with E-state index in [9.17, 15) is 14.9 Å². The standard InChI is InChI=1S/C20H22N4O4/c1-3-28-19(25)13-7-6-10-24(12-13)18-17(14(11-21)20(26)27-2)22-15-8-4-5-9-16(15)23-18/h4-5,8-9,13-14H,3,6-7,10,12H2,1-2H3/t13-,14+/m1/s1. The Morgan fingerprint density at radius 3 is 2.68 bits per heavy atom. The number of benzene rings is 1. The molecular weight excluding hydrogens is 360 g/mol. The van der Waals surface area contributed by atoms with Crippen molar-refractivity contribution in [2.75, 3.05) is 31.7 Å². The smallest absolute Gasteiger partial charge is 0.329 e. The Morgan fingerprint density at radius 2 is 2.04 bits per heavy atom. The second-order valence-electron chi connectivity index (χ2n) is 6.54. The van der Waals surface area contributed by atoms with E-state index in [0.29, 0.717) is 36.5 Å². The maximum absolute atomic E-state index is 12.2. The predicted octanol–water partition coefficient (Wildman–Crippen LogP) is 2.19. The van der Waals surface area contributed by atoms with Crippen LogP contribution in [0.2, 0.25) is 0 Å². The lowest BCUT2D eigenvalue weighted by atomic mass is 9.97. The van der Waals surface area contributed by atoms with E-state index in [-0.39, 0.29) is 17.6 Å². The average molecular weight is 382 g/mol. The molecule has 2 atom stereocenters. The van der Waals surface area contributed by atoms with Gasteiger partial charge in [-0.2, -0.15) is 5.26 Å². The lowest BCUT2D eigenvalue weighted by Crippen LogP contribution is -2.40. The lowest BCUT2D eigenvalue weighted by molar-refractivity contribution is -0.148. The maximum atomic E-state index is 12.2. The van der Waals surface area contributed by atoms with Crippen LogP contribution in [0.3, 0.4) is 0 Å². The van der Waals surface area contributed by atoms with E-state index in [1.54, 1.807) is 13.0 Å². The number of ether oxygens (including phenoxy) is 2. The average Bonchev–Trinajstić information content (AvgIpc) is 2.73. The van der Waals surface area contributed by atoms with Crippen LogP contribution in [0.5, 0.6) is 0 Å². The van der Waals surface area contributed by atoms with Gasteiger partial charge >= 0.3 is 11.9 Å². The molecule has 0 unspecified atom stereocenters. The summed E-state index contributed by atoms with van der Waals surface area (Å²) in [7, 11) is 1.23. The summed E-state index contributed by atoms with van der Waals surface area (Å²) in [4.78, 5) is 35.5. The van der Waals surface area contributed by atoms with Gasteiger partial charge in [0.2, 0.25) is 0 Å². The molecule has 1 fully saturated rings. The number of aromatic nitrogens is 2. The highest BCUT2D eigenvalue weighted by Crippen LogP contribution is 2.31. The van der Waals surface area contributed by atoms with E-state index in [2.05, 4.69) is 9.97 Å². The molecule has 146 valence electrons. The molecule has 1 aromatic heterocycles. The molecule has 2 aromatic rings. The van der Waals surface area contributed by atoms with Gasteiger partial charge in [-0.15, -0.1) is 0 Å². The number of hydrogen-bond acceptors (Lipinski definition) is 8. The van der Waals surface area contributed by atoms with E-state index in [4.69, 9.17) is 9.47 Å². The third kappa shape index (κ3) is 3.88. The van der Waals surface area contributed by atoms with Crippen molar-refractivity contribution in [2.24, 2.45) is 5.92 Å². The van der Waals surface area contributed by atoms with Gasteiger partial charge in [-0.1, -0.05) is 12.1 Å². The van der Waals surface area contributed by atoms with Crippen LogP contribution in [0.4, 0.5) is 5.82 Å². The van der Waals surface area contributed by atoms with E-state index in [1.807, 2.05) is 29.2 Å². The molecule has 1 aliphatic heterocycles. The topological polar surface area (TPSA) is 105 Å². The van der Waals surface area contributed by atoms with Crippen LogP contribution in [0, 0.1) is 17.2 Å². The molecule has 1 saturated heterocycles. The van der Waals surface area contributed by atoms with Crippen molar-refractivity contribution >= 4 is 28.8 Å². The summed E-state index contributed by atoms with van der Waals surface area (Å²) in [6.07, 6.45) is 1.50. The summed E-state index contributed by atoms with van der Waals surface area (Å²) >= 11 is 0. The Kier molecular flexibility index (Phi) is 6.04. The molecule has 0 spiro atoms. The molecule has 3 rings (SSSR count). The summed E-state index contributed by atoms with van der Waals surface area (Å²) in [6.45, 7) is 3.15. The second kappa shape index (κ2) is 8.65. The predicted molar refractivity (Wildman–Crippen MR) is 101 cm³/mol. The van der Waals surface area contributed by atoms with Crippen molar-refractivity contribution in [3.63, 3.8) is 0 Å². The summed E-state index contributed by atoms with van der Waals surface area (Å²) in [5.41, 5.74) is 1.49. The van der Waals surface area contributed by atoms with Gasteiger partial charge in [-0.3, -0.25) is 9.59 Å². The molecule has 0 radical (unpaired) electrons. The van der Waals surface area contributed by atoms with Crippen LogP contribution in [-0.4, -0.2) is 48.7 Å². The first-order valence-corrected chi connectivity index (χ1v) is 9.24. The van der Waals surface area contributed by atoms with Crippen LogP contribution in [0.1, 0.15) is 31.4 Å². The highest BCUT2D eigenvalue weighted by molar-refractivity contribution is 5.85. The molecule has 0 N–H and O–H groups in total. The number of carbonyl (C=O) groups is 2. The van der Waals surface area contributed by atoms with Gasteiger partial charge in [0, 0.05) is 13.1 Å². The van der Waals surface area contributed by atoms with Crippen LogP contribution in [0.25, 0.3) is 11.0 Å². The number of hydrogen-bond donors (Lipinski definition) is 0. The van der Waals surface area contributed by atoms with Gasteiger partial charge in [0.25, 0.3) is 0 Å². The van der Waals surface area contributed by atoms with E-state index >= 15 is 0 Å². The molecule has 0 aliphatic carbocycles. The number of anilines is 1. The third-order valence-corrected chi connectivity index (χ3v) is 4.76. The number of methoxy groups -OCH3 is 1. The Morgan fingerprint density at radius 1 is 1.32 bits per heavy atom. The fraction of sp³-hybridized carbons (Fsp3) is 0.450. The molecule has 1 aromatic carbocycles. The number of fused-ring (bicyclic) bond motifs is 1. The molecule has 0 bridgehead atoms. The molecule has 28 heavy (non-hydrogen) atoms. The van der Waals surface area contributed by atoms with Crippen LogP contribution in [-0.2, 0) is 19.1 Å². The normalized spacial score (nSPS) is 17.6. The monoisotopic (exact) mass is 382 g/mol. The van der Waals surface area contributed by atoms with Crippen molar-refractivity contribution in [3.8, 4) is 6.07 Å². The van der Waals surface area contributed by atoms with Crippen LogP contribution in [0.15, 0.2) is 24.3 Å². The van der Waals surface area contributed by atoms with Gasteiger partial charge in [0.15, 0.2) is 11.7 Å². The molecular formula is C20H22N4O4. The molecule has 1 aliphatic rings. The van der Waals surface area contributed by atoms with Gasteiger partial charge in [-0.05, 0) is 31.9 Å². The minimum Gasteiger partial charge on any atom is -0.468 e. The second-order valence-corrected chi connectivity index (χ2v) is 6.54. The minimum absolute atomic E-state index is 0.243. The number of nitriles is 1. The van der Waals surface area contributed by atoms with Gasteiger partial charge in [-0.25, -0.2) is 9.97 Å². The third-order valence-electron chi connectivity index (χ3n) is 4.76. The summed E-state index contributed by atoms with van der Waals surface area (Å²) < 4.78 is 9.94. The van der Waals surface area contributed by atoms with E-state index in [1.165, 1.54) is 7.11 Å². The van der Waals surface area contributed by atoms with E-state index in [0.717, 1.165) is 12.8 Å². The fourth-order valence-corrected chi connectivity index (χ4v) is 3.40. The lowest BCUT2D eigenvalue weighted by Gasteiger charge is -2.33. The van der Waals surface area contributed by atoms with Gasteiger partial charge < -0.3 is 14.4 Å². The molecule has 0 amide bonds. The number of piperidine rings is 1. The van der Waals surface area contributed by atoms with Crippen molar-refractivity contribution < 1.29 is 19.1 Å². The summed E-state index contributed by atoms with van der Waals surface area (Å²) in [6, 6.07) is 9.23. The van der Waals surface area contributed by atoms with Gasteiger partial charge in [0.1, 0.15) is 5.69 Å². The Balaban J connectivity index is 2.05. The summed E-state index contributed by atoms with van der Waals surface area (Å²) in [5.74, 6) is -1.97. The highest BCUT2D eigenvalue weighted by atomic mass is 16.5. The first kappa shape index (κ1) is 19.5. The number of esters is 2. The zero-order valence-electron chi connectivity index (χ0n) is 15.9. The Bertz CT molecular complexity index is 924. The minimum atomic E-state index is -1.19. The van der Waals surface area contributed by atoms with Crippen molar-refractivity contribution in [3.05, 3.63) is 30.0 Å². The maximum Gasteiger partial charge on any atom is 0.329 e. The number of para-hydroxylation sites is 2. The van der Waals surface area contributed by atoms with Crippen LogP contribution < -0.4 is 4.90 Å². The van der Waals surface area contributed by atoms with Crippen molar-refractivity contribution in [2.45, 2.75) is 25.7 Å². The number of rotatable bonds is 5. The zero-order chi connectivity index (χ0) is 20.1. The van der Waals surface area contributed by atoms with E-state index < -0.39 is 11.9 Å². The molecule has 2 heterocycles. The summed E-state index contributed by atoms with van der Waals surface area (Å²) in [5, 5.41) is 9.57. The first-order valence-electron chi connectivity index (χ1n) is 9.24. The molecule has 8 nitrogen and oxygen atoms in total. The Hall–Kier alpha value is -3.21. The van der Waals surface area contributed by atoms with Crippen molar-refractivity contribution in [1.82, 2.24) is 9.97 Å². The first-order chi connectivity index (χ1) is 13.6. The SMILES string of the molecule is CCOC(=O)[C@@H]1CCCN(c2nc3ccccc3nc2[C@H](C#N)C(=O)OC)C1. The molecule has 0 saturated carbocycles. The quantitative estimate of drug-likeness (QED) is 0.725. The Labute approximate surface area is 163 Å². The molecule has 8 heteroatoms. The number of carbonyl (C=O) groups excluding carboxylic acids is 2. The highest BCUT2D eigenvalue weighted by Gasteiger charge is 2.33. The zero-order valence-corrected chi connectivity index (χ0v) is 15.9. The van der Waals surface area contributed by atoms with Crippen LogP contribution >= 0.6 is 0 Å². The van der Waals surface area contributed by atoms with Gasteiger partial charge in [0.05, 0.1) is 36.7 Å².